The number of carbonyl (C=O) groups excluding carboxylic acids is 1. The smallest absolute Gasteiger partial charge is 0.407 e. The third-order valence-corrected chi connectivity index (χ3v) is 4.16. The van der Waals surface area contributed by atoms with Crippen molar-refractivity contribution in [3.63, 3.8) is 0 Å². The molecule has 4 heteroatoms. The van der Waals surface area contributed by atoms with E-state index in [-0.39, 0.29) is 6.09 Å². The van der Waals surface area contributed by atoms with Crippen molar-refractivity contribution in [2.75, 3.05) is 13.2 Å². The Bertz CT molecular complexity index is 452. The van der Waals surface area contributed by atoms with E-state index in [0.717, 1.165) is 12.8 Å². The van der Waals surface area contributed by atoms with Gasteiger partial charge < -0.3 is 10.1 Å². The molecule has 0 atom stereocenters. The van der Waals surface area contributed by atoms with Crippen LogP contribution in [-0.2, 0) is 11.2 Å². The van der Waals surface area contributed by atoms with Crippen LogP contribution in [0.4, 0.5) is 4.79 Å². The van der Waals surface area contributed by atoms with Gasteiger partial charge >= 0.3 is 6.09 Å². The Hall–Kier alpha value is -1.55. The highest BCUT2D eigenvalue weighted by Crippen LogP contribution is 2.06. The van der Waals surface area contributed by atoms with Crippen molar-refractivity contribution in [1.29, 1.82) is 0 Å². The minimum atomic E-state index is -0.357. The zero-order valence-corrected chi connectivity index (χ0v) is 14.9. The molecular weight excluding hydrogens is 306 g/mol. The van der Waals surface area contributed by atoms with Crippen molar-refractivity contribution < 1.29 is 9.53 Å². The quantitative estimate of drug-likeness (QED) is 0.405. The van der Waals surface area contributed by atoms with E-state index in [1.807, 2.05) is 29.7 Å². The SMILES string of the molecule is CCCCCCC/C=C/C=C/CNC(=O)OCCc1ccsc1. The lowest BCUT2D eigenvalue weighted by atomic mass is 10.1. The molecule has 0 aliphatic rings. The average Bonchev–Trinajstić information content (AvgIpc) is 3.06. The summed E-state index contributed by atoms with van der Waals surface area (Å²) in [5.41, 5.74) is 1.21. The molecule has 3 nitrogen and oxygen atoms in total. The summed E-state index contributed by atoms with van der Waals surface area (Å²) in [5, 5.41) is 6.81. The van der Waals surface area contributed by atoms with Crippen LogP contribution in [0.1, 0.15) is 51.0 Å². The van der Waals surface area contributed by atoms with E-state index in [0.29, 0.717) is 13.2 Å². The van der Waals surface area contributed by atoms with Gasteiger partial charge in [-0.1, -0.05) is 56.9 Å². The van der Waals surface area contributed by atoms with Crippen LogP contribution >= 0.6 is 11.3 Å². The summed E-state index contributed by atoms with van der Waals surface area (Å²) in [7, 11) is 0. The Labute approximate surface area is 144 Å². The van der Waals surface area contributed by atoms with Crippen LogP contribution in [0.2, 0.25) is 0 Å². The summed E-state index contributed by atoms with van der Waals surface area (Å²) in [5.74, 6) is 0. The molecule has 1 rings (SSSR count). The monoisotopic (exact) mass is 335 g/mol. The number of nitrogens with one attached hydrogen (secondary N) is 1. The molecule has 1 aromatic rings. The molecule has 1 aromatic heterocycles. The number of hydrogen-bond donors (Lipinski definition) is 1. The molecule has 0 saturated carbocycles. The molecule has 0 aliphatic heterocycles. The standard InChI is InChI=1S/C19H29NO2S/c1-2-3-4-5-6-7-8-9-10-11-14-20-19(21)22-15-12-18-13-16-23-17-18/h8-11,13,16-17H,2-7,12,14-15H2,1H3,(H,20,21)/b9-8+,11-10+. The number of alkyl carbamates (subject to hydrolysis) is 1. The molecule has 0 aliphatic carbocycles. The van der Waals surface area contributed by atoms with Gasteiger partial charge in [0.1, 0.15) is 0 Å². The van der Waals surface area contributed by atoms with Crippen LogP contribution < -0.4 is 5.32 Å². The third-order valence-electron chi connectivity index (χ3n) is 3.43. The maximum absolute atomic E-state index is 11.4. The van der Waals surface area contributed by atoms with Crippen molar-refractivity contribution in [2.45, 2.75) is 51.9 Å². The fourth-order valence-electron chi connectivity index (χ4n) is 2.08. The molecular formula is C19H29NO2S. The van der Waals surface area contributed by atoms with Gasteiger partial charge in [0.2, 0.25) is 0 Å². The molecule has 0 fully saturated rings. The lowest BCUT2D eigenvalue weighted by Crippen LogP contribution is -2.25. The van der Waals surface area contributed by atoms with Crippen LogP contribution in [0.5, 0.6) is 0 Å². The van der Waals surface area contributed by atoms with Crippen molar-refractivity contribution in [3.8, 4) is 0 Å². The number of amides is 1. The molecule has 0 unspecified atom stereocenters. The van der Waals surface area contributed by atoms with E-state index in [4.69, 9.17) is 4.74 Å². The minimum Gasteiger partial charge on any atom is -0.449 e. The van der Waals surface area contributed by atoms with Crippen molar-refractivity contribution in [2.24, 2.45) is 0 Å². The second-order valence-electron chi connectivity index (χ2n) is 5.46. The van der Waals surface area contributed by atoms with Crippen LogP contribution in [0.15, 0.2) is 41.1 Å². The summed E-state index contributed by atoms with van der Waals surface area (Å²) in [4.78, 5) is 11.4. The predicted molar refractivity (Wildman–Crippen MR) is 99.0 cm³/mol. The highest BCUT2D eigenvalue weighted by atomic mass is 32.1. The van der Waals surface area contributed by atoms with Crippen molar-refractivity contribution >= 4 is 17.4 Å². The molecule has 0 spiro atoms. The maximum Gasteiger partial charge on any atom is 0.407 e. The van der Waals surface area contributed by atoms with Gasteiger partial charge in [-0.2, -0.15) is 11.3 Å². The molecule has 1 heterocycles. The Kier molecular flexibility index (Phi) is 11.9. The highest BCUT2D eigenvalue weighted by molar-refractivity contribution is 7.07. The number of unbranched alkanes of at least 4 members (excludes halogenated alkanes) is 5. The number of hydrogen-bond acceptors (Lipinski definition) is 3. The van der Waals surface area contributed by atoms with Gasteiger partial charge in [-0.15, -0.1) is 0 Å². The first-order valence-corrected chi connectivity index (χ1v) is 9.50. The normalized spacial score (nSPS) is 11.3. The largest absolute Gasteiger partial charge is 0.449 e. The van der Waals surface area contributed by atoms with E-state index in [1.165, 1.54) is 37.7 Å². The lowest BCUT2D eigenvalue weighted by molar-refractivity contribution is 0.148. The second kappa shape index (κ2) is 14.1. The fourth-order valence-corrected chi connectivity index (χ4v) is 2.78. The van der Waals surface area contributed by atoms with Gasteiger partial charge in [0, 0.05) is 13.0 Å². The van der Waals surface area contributed by atoms with E-state index in [9.17, 15) is 4.79 Å². The summed E-state index contributed by atoms with van der Waals surface area (Å²) in [6, 6.07) is 2.05. The zero-order chi connectivity index (χ0) is 16.6. The molecule has 128 valence electrons. The summed E-state index contributed by atoms with van der Waals surface area (Å²) < 4.78 is 5.11. The third kappa shape index (κ3) is 11.6. The first kappa shape index (κ1) is 19.5. The summed E-state index contributed by atoms with van der Waals surface area (Å²) >= 11 is 1.66. The van der Waals surface area contributed by atoms with Gasteiger partial charge in [0.15, 0.2) is 0 Å². The topological polar surface area (TPSA) is 38.3 Å². The maximum atomic E-state index is 11.4. The first-order valence-electron chi connectivity index (χ1n) is 8.56. The molecule has 0 bridgehead atoms. The second-order valence-corrected chi connectivity index (χ2v) is 6.24. The van der Waals surface area contributed by atoms with E-state index >= 15 is 0 Å². The number of rotatable bonds is 12. The summed E-state index contributed by atoms with van der Waals surface area (Å²) in [6.45, 7) is 3.15. The molecule has 0 aromatic carbocycles. The van der Waals surface area contributed by atoms with Crippen molar-refractivity contribution in [3.05, 3.63) is 46.7 Å². The van der Waals surface area contributed by atoms with E-state index in [2.05, 4.69) is 23.7 Å². The van der Waals surface area contributed by atoms with Gasteiger partial charge in [0.05, 0.1) is 6.61 Å². The minimum absolute atomic E-state index is 0.357. The molecule has 23 heavy (non-hydrogen) atoms. The Balaban J connectivity index is 1.93. The average molecular weight is 336 g/mol. The molecule has 0 saturated heterocycles. The lowest BCUT2D eigenvalue weighted by Gasteiger charge is -2.04. The van der Waals surface area contributed by atoms with E-state index < -0.39 is 0 Å². The van der Waals surface area contributed by atoms with Crippen LogP contribution in [0, 0.1) is 0 Å². The Morgan fingerprint density at radius 3 is 2.83 bits per heavy atom. The van der Waals surface area contributed by atoms with E-state index in [1.54, 1.807) is 11.3 Å². The fraction of sp³-hybridized carbons (Fsp3) is 0.526. The zero-order valence-electron chi connectivity index (χ0n) is 14.1. The number of carbonyl (C=O) groups is 1. The van der Waals surface area contributed by atoms with Crippen molar-refractivity contribution in [1.82, 2.24) is 5.32 Å². The first-order chi connectivity index (χ1) is 11.3. The molecule has 1 amide bonds. The summed E-state index contributed by atoms with van der Waals surface area (Å²) in [6.07, 6.45) is 16.2. The molecule has 1 N–H and O–H groups in total. The number of thiophene rings is 1. The number of ether oxygens (including phenoxy) is 1. The van der Waals surface area contributed by atoms with Gasteiger partial charge in [-0.05, 0) is 35.2 Å². The molecule has 0 radical (unpaired) electrons. The van der Waals surface area contributed by atoms with Gasteiger partial charge in [-0.25, -0.2) is 4.79 Å². The number of allylic oxidation sites excluding steroid dienone is 3. The van der Waals surface area contributed by atoms with Crippen LogP contribution in [-0.4, -0.2) is 19.2 Å². The van der Waals surface area contributed by atoms with Gasteiger partial charge in [0.25, 0.3) is 0 Å². The predicted octanol–water partition coefficient (Wildman–Crippen LogP) is 5.49. The van der Waals surface area contributed by atoms with Crippen LogP contribution in [0.3, 0.4) is 0 Å². The Morgan fingerprint density at radius 1 is 1.22 bits per heavy atom. The van der Waals surface area contributed by atoms with Gasteiger partial charge in [-0.3, -0.25) is 0 Å². The van der Waals surface area contributed by atoms with Crippen LogP contribution in [0.25, 0.3) is 0 Å². The highest BCUT2D eigenvalue weighted by Gasteiger charge is 2.00. The Morgan fingerprint density at radius 2 is 2.04 bits per heavy atom.